The topological polar surface area (TPSA) is 74.8 Å². The van der Waals surface area contributed by atoms with Gasteiger partial charge >= 0.3 is 0 Å². The Labute approximate surface area is 154 Å². The highest BCUT2D eigenvalue weighted by Gasteiger charge is 2.15. The van der Waals surface area contributed by atoms with Crippen LogP contribution in [-0.4, -0.2) is 43.3 Å². The number of rotatable bonds is 7. The van der Waals surface area contributed by atoms with Gasteiger partial charge in [-0.2, -0.15) is 0 Å². The third-order valence-electron chi connectivity index (χ3n) is 3.74. The second-order valence-corrected chi connectivity index (χ2v) is 6.47. The first-order chi connectivity index (χ1) is 12.7. The minimum absolute atomic E-state index is 0.0444. The molecule has 6 nitrogen and oxygen atoms in total. The number of carbonyl (C=O) groups excluding carboxylic acids is 1. The average Bonchev–Trinajstić information content (AvgIpc) is 3.14. The molecule has 0 bridgehead atoms. The van der Waals surface area contributed by atoms with E-state index in [-0.39, 0.29) is 17.5 Å². The van der Waals surface area contributed by atoms with Crippen molar-refractivity contribution in [2.24, 2.45) is 0 Å². The highest BCUT2D eigenvalue weighted by atomic mass is 32.2. The molecule has 0 aliphatic carbocycles. The van der Waals surface area contributed by atoms with Crippen molar-refractivity contribution in [1.82, 2.24) is 25.1 Å². The van der Waals surface area contributed by atoms with Gasteiger partial charge in [0.05, 0.1) is 5.75 Å². The summed E-state index contributed by atoms with van der Waals surface area (Å²) in [5.74, 6) is 0.507. The van der Waals surface area contributed by atoms with E-state index >= 15 is 0 Å². The van der Waals surface area contributed by atoms with Gasteiger partial charge in [0.25, 0.3) is 0 Å². The van der Waals surface area contributed by atoms with Crippen LogP contribution in [-0.2, 0) is 11.3 Å². The Kier molecular flexibility index (Phi) is 5.96. The number of aromatic nitrogens is 4. The van der Waals surface area contributed by atoms with Crippen LogP contribution in [0.25, 0.3) is 11.4 Å². The summed E-state index contributed by atoms with van der Waals surface area (Å²) in [6.45, 7) is 2.83. The second-order valence-electron chi connectivity index (χ2n) is 5.53. The van der Waals surface area contributed by atoms with Crippen molar-refractivity contribution < 1.29 is 9.18 Å². The van der Waals surface area contributed by atoms with Crippen molar-refractivity contribution in [2.45, 2.75) is 18.6 Å². The summed E-state index contributed by atoms with van der Waals surface area (Å²) < 4.78 is 13.3. The lowest BCUT2D eigenvalue weighted by molar-refractivity contribution is -0.128. The standard InChI is InChI=1S/C18H18FN5OS/c1-2-24(11-13-4-3-5-15(19)10-13)16(25)12-26-18-21-17(22-23-18)14-6-8-20-9-7-14/h3-10H,2,11-12H2,1H3,(H,21,22,23). The molecular formula is C18H18FN5OS. The molecule has 0 spiro atoms. The first kappa shape index (κ1) is 18.1. The first-order valence-electron chi connectivity index (χ1n) is 8.13. The van der Waals surface area contributed by atoms with Crippen molar-refractivity contribution in [1.29, 1.82) is 0 Å². The summed E-state index contributed by atoms with van der Waals surface area (Å²) in [7, 11) is 0. The lowest BCUT2D eigenvalue weighted by Gasteiger charge is -2.20. The monoisotopic (exact) mass is 371 g/mol. The quantitative estimate of drug-likeness (QED) is 0.646. The summed E-state index contributed by atoms with van der Waals surface area (Å²) in [6.07, 6.45) is 3.36. The fourth-order valence-corrected chi connectivity index (χ4v) is 3.10. The molecule has 3 rings (SSSR count). The number of hydrogen-bond acceptors (Lipinski definition) is 5. The number of H-pyrrole nitrogens is 1. The van der Waals surface area contributed by atoms with E-state index in [2.05, 4.69) is 20.2 Å². The first-order valence-corrected chi connectivity index (χ1v) is 9.12. The zero-order valence-corrected chi connectivity index (χ0v) is 15.0. The van der Waals surface area contributed by atoms with Gasteiger partial charge in [-0.3, -0.25) is 14.9 Å². The van der Waals surface area contributed by atoms with Crippen molar-refractivity contribution >= 4 is 17.7 Å². The molecule has 1 amide bonds. The smallest absolute Gasteiger partial charge is 0.233 e. The molecule has 0 fully saturated rings. The summed E-state index contributed by atoms with van der Waals surface area (Å²) in [4.78, 5) is 22.5. The molecule has 8 heteroatoms. The predicted octanol–water partition coefficient (Wildman–Crippen LogP) is 3.15. The van der Waals surface area contributed by atoms with E-state index in [1.54, 1.807) is 23.4 Å². The van der Waals surface area contributed by atoms with Gasteiger partial charge in [-0.25, -0.2) is 9.37 Å². The van der Waals surface area contributed by atoms with Gasteiger partial charge in [-0.15, -0.1) is 5.10 Å². The van der Waals surface area contributed by atoms with Crippen LogP contribution in [0, 0.1) is 5.82 Å². The van der Waals surface area contributed by atoms with Crippen molar-refractivity contribution in [3.8, 4) is 11.4 Å². The largest absolute Gasteiger partial charge is 0.338 e. The number of pyridine rings is 1. The molecule has 26 heavy (non-hydrogen) atoms. The molecule has 1 N–H and O–H groups in total. The second kappa shape index (κ2) is 8.57. The van der Waals surface area contributed by atoms with Crippen LogP contribution in [0.1, 0.15) is 12.5 Å². The average molecular weight is 371 g/mol. The van der Waals surface area contributed by atoms with E-state index in [4.69, 9.17) is 0 Å². The van der Waals surface area contributed by atoms with E-state index in [0.29, 0.717) is 24.1 Å². The van der Waals surface area contributed by atoms with Crippen molar-refractivity contribution in [2.75, 3.05) is 12.3 Å². The van der Waals surface area contributed by atoms with Gasteiger partial charge in [0, 0.05) is 31.0 Å². The maximum atomic E-state index is 13.3. The minimum Gasteiger partial charge on any atom is -0.338 e. The Morgan fingerprint density at radius 1 is 1.27 bits per heavy atom. The highest BCUT2D eigenvalue weighted by molar-refractivity contribution is 7.99. The fourth-order valence-electron chi connectivity index (χ4n) is 2.40. The molecule has 0 saturated carbocycles. The molecule has 0 atom stereocenters. The summed E-state index contributed by atoms with van der Waals surface area (Å²) in [6, 6.07) is 9.95. The number of carbonyl (C=O) groups is 1. The molecule has 3 aromatic rings. The summed E-state index contributed by atoms with van der Waals surface area (Å²) in [5, 5.41) is 7.50. The molecule has 134 valence electrons. The predicted molar refractivity (Wildman–Crippen MR) is 97.8 cm³/mol. The van der Waals surface area contributed by atoms with Gasteiger partial charge < -0.3 is 4.90 Å². The number of aromatic amines is 1. The van der Waals surface area contributed by atoms with E-state index in [1.807, 2.05) is 25.1 Å². The van der Waals surface area contributed by atoms with Crippen LogP contribution in [0.2, 0.25) is 0 Å². The number of amides is 1. The number of nitrogens with one attached hydrogen (secondary N) is 1. The third-order valence-corrected chi connectivity index (χ3v) is 4.57. The van der Waals surface area contributed by atoms with Crippen molar-refractivity contribution in [3.05, 3.63) is 60.2 Å². The van der Waals surface area contributed by atoms with E-state index in [1.165, 1.54) is 23.9 Å². The Morgan fingerprint density at radius 2 is 2.08 bits per heavy atom. The Bertz CT molecular complexity index is 871. The molecule has 0 radical (unpaired) electrons. The van der Waals surface area contributed by atoms with Crippen LogP contribution in [0.3, 0.4) is 0 Å². The zero-order valence-electron chi connectivity index (χ0n) is 14.2. The van der Waals surface area contributed by atoms with Gasteiger partial charge in [-0.05, 0) is 36.8 Å². The molecule has 2 aromatic heterocycles. The van der Waals surface area contributed by atoms with Crippen LogP contribution < -0.4 is 0 Å². The number of nitrogens with zero attached hydrogens (tertiary/aromatic N) is 4. The van der Waals surface area contributed by atoms with Crippen LogP contribution in [0.4, 0.5) is 4.39 Å². The zero-order chi connectivity index (χ0) is 18.4. The molecule has 2 heterocycles. The number of thioether (sulfide) groups is 1. The number of halogens is 1. The third kappa shape index (κ3) is 4.66. The highest BCUT2D eigenvalue weighted by Crippen LogP contribution is 2.19. The van der Waals surface area contributed by atoms with E-state index < -0.39 is 0 Å². The van der Waals surface area contributed by atoms with Gasteiger partial charge in [0.2, 0.25) is 11.1 Å². The number of hydrogen-bond donors (Lipinski definition) is 1. The van der Waals surface area contributed by atoms with E-state index in [0.717, 1.165) is 11.1 Å². The molecule has 0 unspecified atom stereocenters. The summed E-state index contributed by atoms with van der Waals surface area (Å²) >= 11 is 1.27. The Morgan fingerprint density at radius 3 is 2.81 bits per heavy atom. The maximum absolute atomic E-state index is 13.3. The SMILES string of the molecule is CCN(Cc1cccc(F)c1)C(=O)CSc1n[nH]c(-c2ccncc2)n1. The number of benzene rings is 1. The minimum atomic E-state index is -0.301. The lowest BCUT2D eigenvalue weighted by atomic mass is 10.2. The molecule has 1 aromatic carbocycles. The van der Waals surface area contributed by atoms with Crippen LogP contribution >= 0.6 is 11.8 Å². The van der Waals surface area contributed by atoms with Gasteiger partial charge in [-0.1, -0.05) is 23.9 Å². The van der Waals surface area contributed by atoms with Crippen LogP contribution in [0.5, 0.6) is 0 Å². The fraction of sp³-hybridized carbons (Fsp3) is 0.222. The molecule has 0 saturated heterocycles. The molecular weight excluding hydrogens is 353 g/mol. The lowest BCUT2D eigenvalue weighted by Crippen LogP contribution is -2.31. The van der Waals surface area contributed by atoms with Crippen LogP contribution in [0.15, 0.2) is 53.9 Å². The Hall–Kier alpha value is -2.74. The van der Waals surface area contributed by atoms with Gasteiger partial charge in [0.15, 0.2) is 5.82 Å². The molecule has 0 aliphatic heterocycles. The maximum Gasteiger partial charge on any atom is 0.233 e. The van der Waals surface area contributed by atoms with Crippen molar-refractivity contribution in [3.63, 3.8) is 0 Å². The summed E-state index contributed by atoms with van der Waals surface area (Å²) in [5.41, 5.74) is 1.65. The molecule has 0 aliphatic rings. The van der Waals surface area contributed by atoms with Gasteiger partial charge in [0.1, 0.15) is 5.82 Å². The normalized spacial score (nSPS) is 10.7. The van der Waals surface area contributed by atoms with E-state index in [9.17, 15) is 9.18 Å². The Balaban J connectivity index is 1.58.